The standard InChI is InChI=1S/C18H23N3O3/c1-2-3-4-18(22)21-9-7-20(8-10-21)15(12-19)14-5-6-16-17(11-14)24-13-23-16/h5-6,11,15H,2-4,7-10,13H2,1H3. The van der Waals surface area contributed by atoms with Crippen LogP contribution in [-0.2, 0) is 4.79 Å². The Kier molecular flexibility index (Phi) is 5.21. The van der Waals surface area contributed by atoms with Crippen LogP contribution in [0.4, 0.5) is 0 Å². The molecule has 2 aliphatic heterocycles. The Bertz CT molecular complexity index is 633. The van der Waals surface area contributed by atoms with Crippen LogP contribution in [0, 0.1) is 11.3 Å². The number of piperazine rings is 1. The lowest BCUT2D eigenvalue weighted by molar-refractivity contribution is -0.133. The largest absolute Gasteiger partial charge is 0.454 e. The molecule has 0 saturated carbocycles. The Morgan fingerprint density at radius 1 is 1.25 bits per heavy atom. The number of carbonyl (C=O) groups is 1. The van der Waals surface area contributed by atoms with Crippen LogP contribution < -0.4 is 9.47 Å². The number of fused-ring (bicyclic) bond motifs is 1. The van der Waals surface area contributed by atoms with E-state index in [4.69, 9.17) is 9.47 Å². The Morgan fingerprint density at radius 3 is 2.71 bits per heavy atom. The van der Waals surface area contributed by atoms with Gasteiger partial charge in [-0.3, -0.25) is 9.69 Å². The van der Waals surface area contributed by atoms with Gasteiger partial charge in [-0.25, -0.2) is 0 Å². The van der Waals surface area contributed by atoms with E-state index in [0.717, 1.165) is 24.2 Å². The van der Waals surface area contributed by atoms with Crippen molar-refractivity contribution in [2.45, 2.75) is 32.2 Å². The third-order valence-corrected chi connectivity index (χ3v) is 4.61. The fraction of sp³-hybridized carbons (Fsp3) is 0.556. The van der Waals surface area contributed by atoms with Crippen molar-refractivity contribution < 1.29 is 14.3 Å². The van der Waals surface area contributed by atoms with Crippen LogP contribution in [-0.4, -0.2) is 48.7 Å². The van der Waals surface area contributed by atoms with Crippen molar-refractivity contribution in [1.82, 2.24) is 9.80 Å². The predicted molar refractivity (Wildman–Crippen MR) is 88.6 cm³/mol. The molecule has 2 aliphatic rings. The molecule has 0 aromatic heterocycles. The van der Waals surface area contributed by atoms with Crippen LogP contribution in [0.5, 0.6) is 11.5 Å². The van der Waals surface area contributed by atoms with Gasteiger partial charge in [0.05, 0.1) is 6.07 Å². The molecule has 1 aromatic rings. The topological polar surface area (TPSA) is 65.8 Å². The van der Waals surface area contributed by atoms with Gasteiger partial charge in [0.2, 0.25) is 12.7 Å². The summed E-state index contributed by atoms with van der Waals surface area (Å²) in [6.07, 6.45) is 2.60. The van der Waals surface area contributed by atoms with E-state index in [1.54, 1.807) is 0 Å². The number of nitriles is 1. The molecule has 1 saturated heterocycles. The van der Waals surface area contributed by atoms with Gasteiger partial charge in [-0.05, 0) is 24.1 Å². The first-order valence-electron chi connectivity index (χ1n) is 8.54. The van der Waals surface area contributed by atoms with E-state index in [9.17, 15) is 10.1 Å². The summed E-state index contributed by atoms with van der Waals surface area (Å²) in [5.41, 5.74) is 0.910. The maximum Gasteiger partial charge on any atom is 0.231 e. The van der Waals surface area contributed by atoms with Crippen molar-refractivity contribution in [1.29, 1.82) is 5.26 Å². The Labute approximate surface area is 142 Å². The highest BCUT2D eigenvalue weighted by Crippen LogP contribution is 2.35. The molecule has 1 fully saturated rings. The summed E-state index contributed by atoms with van der Waals surface area (Å²) in [6, 6.07) is 7.71. The van der Waals surface area contributed by atoms with Crippen molar-refractivity contribution >= 4 is 5.91 Å². The van der Waals surface area contributed by atoms with Gasteiger partial charge in [-0.15, -0.1) is 0 Å². The summed E-state index contributed by atoms with van der Waals surface area (Å²) in [5, 5.41) is 9.63. The SMILES string of the molecule is CCCCC(=O)N1CCN(C(C#N)c2ccc3c(c2)OCO3)CC1. The number of unbranched alkanes of at least 4 members (excludes halogenated alkanes) is 1. The first-order chi connectivity index (χ1) is 11.7. The minimum Gasteiger partial charge on any atom is -0.454 e. The van der Waals surface area contributed by atoms with E-state index in [2.05, 4.69) is 17.9 Å². The molecule has 2 heterocycles. The molecule has 6 nitrogen and oxygen atoms in total. The fourth-order valence-electron chi connectivity index (χ4n) is 3.17. The zero-order chi connectivity index (χ0) is 16.9. The molecule has 1 amide bonds. The quantitative estimate of drug-likeness (QED) is 0.829. The minimum atomic E-state index is -0.326. The predicted octanol–water partition coefficient (Wildman–Crippen LogP) is 2.31. The highest BCUT2D eigenvalue weighted by molar-refractivity contribution is 5.76. The molecule has 3 rings (SSSR count). The minimum absolute atomic E-state index is 0.230. The highest BCUT2D eigenvalue weighted by Gasteiger charge is 2.28. The average Bonchev–Trinajstić information content (AvgIpc) is 3.09. The first kappa shape index (κ1) is 16.6. The van der Waals surface area contributed by atoms with Gasteiger partial charge in [-0.2, -0.15) is 5.26 Å². The van der Waals surface area contributed by atoms with Gasteiger partial charge in [0.1, 0.15) is 6.04 Å². The van der Waals surface area contributed by atoms with Gasteiger partial charge in [0.15, 0.2) is 11.5 Å². The van der Waals surface area contributed by atoms with Crippen LogP contribution in [0.1, 0.15) is 37.8 Å². The smallest absolute Gasteiger partial charge is 0.231 e. The zero-order valence-corrected chi connectivity index (χ0v) is 14.0. The number of ether oxygens (including phenoxy) is 2. The lowest BCUT2D eigenvalue weighted by Crippen LogP contribution is -2.49. The van der Waals surface area contributed by atoms with E-state index >= 15 is 0 Å². The monoisotopic (exact) mass is 329 g/mol. The maximum atomic E-state index is 12.1. The number of hydrogen-bond donors (Lipinski definition) is 0. The van der Waals surface area contributed by atoms with Crippen molar-refractivity contribution in [3.63, 3.8) is 0 Å². The van der Waals surface area contributed by atoms with Crippen LogP contribution in [0.3, 0.4) is 0 Å². The van der Waals surface area contributed by atoms with Crippen LogP contribution >= 0.6 is 0 Å². The van der Waals surface area contributed by atoms with Gasteiger partial charge in [-0.1, -0.05) is 19.4 Å². The summed E-state index contributed by atoms with van der Waals surface area (Å²) in [5.74, 6) is 1.65. The van der Waals surface area contributed by atoms with Gasteiger partial charge in [0.25, 0.3) is 0 Å². The third kappa shape index (κ3) is 3.46. The Balaban J connectivity index is 1.62. The summed E-state index contributed by atoms with van der Waals surface area (Å²) in [4.78, 5) is 16.2. The third-order valence-electron chi connectivity index (χ3n) is 4.61. The van der Waals surface area contributed by atoms with Gasteiger partial charge < -0.3 is 14.4 Å². The van der Waals surface area contributed by atoms with Crippen molar-refractivity contribution in [3.8, 4) is 17.6 Å². The zero-order valence-electron chi connectivity index (χ0n) is 14.0. The molecule has 1 unspecified atom stereocenters. The molecule has 24 heavy (non-hydrogen) atoms. The van der Waals surface area contributed by atoms with Gasteiger partial charge in [0, 0.05) is 32.6 Å². The highest BCUT2D eigenvalue weighted by atomic mass is 16.7. The molecular weight excluding hydrogens is 306 g/mol. The molecule has 128 valence electrons. The van der Waals surface area contributed by atoms with E-state index in [0.29, 0.717) is 38.3 Å². The molecule has 0 radical (unpaired) electrons. The fourth-order valence-corrected chi connectivity index (χ4v) is 3.17. The normalized spacial score (nSPS) is 18.2. The van der Waals surface area contributed by atoms with Crippen LogP contribution in [0.25, 0.3) is 0 Å². The maximum absolute atomic E-state index is 12.1. The second kappa shape index (κ2) is 7.54. The second-order valence-corrected chi connectivity index (χ2v) is 6.16. The number of rotatable bonds is 5. The lowest BCUT2D eigenvalue weighted by atomic mass is 10.0. The molecule has 1 aromatic carbocycles. The van der Waals surface area contributed by atoms with Gasteiger partial charge >= 0.3 is 0 Å². The van der Waals surface area contributed by atoms with E-state index in [1.165, 1.54) is 0 Å². The number of hydrogen-bond acceptors (Lipinski definition) is 5. The molecular formula is C18H23N3O3. The molecule has 0 bridgehead atoms. The molecule has 1 atom stereocenters. The summed E-state index contributed by atoms with van der Waals surface area (Å²) in [7, 11) is 0. The molecule has 0 aliphatic carbocycles. The first-order valence-corrected chi connectivity index (χ1v) is 8.54. The summed E-state index contributed by atoms with van der Waals surface area (Å²) in [6.45, 7) is 5.12. The second-order valence-electron chi connectivity index (χ2n) is 6.16. The van der Waals surface area contributed by atoms with Crippen LogP contribution in [0.15, 0.2) is 18.2 Å². The molecule has 0 spiro atoms. The van der Waals surface area contributed by atoms with Crippen molar-refractivity contribution in [2.75, 3.05) is 33.0 Å². The summed E-state index contributed by atoms with van der Waals surface area (Å²) < 4.78 is 10.7. The van der Waals surface area contributed by atoms with Crippen molar-refractivity contribution in [2.24, 2.45) is 0 Å². The Hall–Kier alpha value is -2.26. The number of benzene rings is 1. The van der Waals surface area contributed by atoms with Crippen molar-refractivity contribution in [3.05, 3.63) is 23.8 Å². The Morgan fingerprint density at radius 2 is 2.00 bits per heavy atom. The number of carbonyl (C=O) groups excluding carboxylic acids is 1. The number of nitrogens with zero attached hydrogens (tertiary/aromatic N) is 3. The number of amides is 1. The molecule has 0 N–H and O–H groups in total. The summed E-state index contributed by atoms with van der Waals surface area (Å²) >= 11 is 0. The van der Waals surface area contributed by atoms with E-state index in [-0.39, 0.29) is 18.7 Å². The van der Waals surface area contributed by atoms with E-state index < -0.39 is 0 Å². The van der Waals surface area contributed by atoms with Crippen LogP contribution in [0.2, 0.25) is 0 Å². The van der Waals surface area contributed by atoms with E-state index in [1.807, 2.05) is 23.1 Å². The lowest BCUT2D eigenvalue weighted by Gasteiger charge is -2.37. The molecule has 6 heteroatoms. The average molecular weight is 329 g/mol.